The molecule has 1 aliphatic heterocycles. The van der Waals surface area contributed by atoms with Crippen LogP contribution in [0.25, 0.3) is 0 Å². The molecule has 3 rings (SSSR count). The highest BCUT2D eigenvalue weighted by atomic mass is 35.5. The van der Waals surface area contributed by atoms with Crippen molar-refractivity contribution in [3.8, 4) is 11.5 Å². The van der Waals surface area contributed by atoms with Gasteiger partial charge >= 0.3 is 0 Å². The van der Waals surface area contributed by atoms with Crippen molar-refractivity contribution >= 4 is 34.8 Å². The molecule has 0 fully saturated rings. The minimum absolute atomic E-state index is 0.0866. The van der Waals surface area contributed by atoms with Crippen molar-refractivity contribution in [3.05, 3.63) is 52.0 Å². The van der Waals surface area contributed by atoms with Gasteiger partial charge in [0.1, 0.15) is 6.54 Å². The normalized spacial score (nSPS) is 13.6. The fraction of sp³-hybridized carbons (Fsp3) is 0.235. The number of hydrogen-bond acceptors (Lipinski definition) is 3. The van der Waals surface area contributed by atoms with Crippen LogP contribution in [0, 0.1) is 0 Å². The molecule has 0 saturated heterocycles. The van der Waals surface area contributed by atoms with E-state index in [0.717, 1.165) is 10.5 Å². The number of benzene rings is 2. The molecule has 2 aromatic rings. The van der Waals surface area contributed by atoms with Gasteiger partial charge in [0, 0.05) is 22.3 Å². The van der Waals surface area contributed by atoms with E-state index < -0.39 is 0 Å². The second-order valence-corrected chi connectivity index (χ2v) is 6.51. The third-order valence-electron chi connectivity index (χ3n) is 3.63. The Morgan fingerprint density at radius 2 is 1.96 bits per heavy atom. The highest BCUT2D eigenvalue weighted by Gasteiger charge is 2.16. The molecule has 0 aromatic heterocycles. The number of nitrogens with one attached hydrogen (secondary N) is 2. The molecule has 0 saturated carbocycles. The Morgan fingerprint density at radius 3 is 2.75 bits per heavy atom. The van der Waals surface area contributed by atoms with Crippen molar-refractivity contribution in [1.82, 2.24) is 0 Å². The summed E-state index contributed by atoms with van der Waals surface area (Å²) in [6, 6.07) is 10.7. The summed E-state index contributed by atoms with van der Waals surface area (Å²) in [5, 5.41) is 4.07. The lowest BCUT2D eigenvalue weighted by molar-refractivity contribution is -0.885. The van der Waals surface area contributed by atoms with Crippen molar-refractivity contribution in [2.75, 3.05) is 25.7 Å². The summed E-state index contributed by atoms with van der Waals surface area (Å²) < 4.78 is 10.5. The predicted octanol–water partition coefficient (Wildman–Crippen LogP) is 2.38. The summed E-state index contributed by atoms with van der Waals surface area (Å²) in [5.41, 5.74) is 1.64. The molecule has 1 amide bonds. The SMILES string of the molecule is C[NH+](CC(=O)Nc1ccc2c(c1)OCO2)Cc1ccc(Cl)cc1Cl. The van der Waals surface area contributed by atoms with Gasteiger partial charge in [-0.25, -0.2) is 0 Å². The third kappa shape index (κ3) is 4.12. The average molecular weight is 368 g/mol. The molecule has 1 heterocycles. The van der Waals surface area contributed by atoms with Gasteiger partial charge in [0.05, 0.1) is 12.1 Å². The molecular formula is C17H17Cl2N2O3+. The number of rotatable bonds is 5. The molecule has 1 atom stereocenters. The van der Waals surface area contributed by atoms with E-state index in [2.05, 4.69) is 5.32 Å². The van der Waals surface area contributed by atoms with Crippen LogP contribution in [0.5, 0.6) is 11.5 Å². The van der Waals surface area contributed by atoms with E-state index in [1.807, 2.05) is 13.1 Å². The van der Waals surface area contributed by atoms with Gasteiger partial charge < -0.3 is 19.7 Å². The maximum absolute atomic E-state index is 12.2. The van der Waals surface area contributed by atoms with E-state index in [-0.39, 0.29) is 12.7 Å². The molecule has 1 aliphatic rings. The number of anilines is 1. The summed E-state index contributed by atoms with van der Waals surface area (Å²) in [6.07, 6.45) is 0. The lowest BCUT2D eigenvalue weighted by atomic mass is 10.2. The standard InChI is InChI=1S/C17H16Cl2N2O3/c1-21(8-11-2-3-12(18)6-14(11)19)9-17(22)20-13-4-5-15-16(7-13)24-10-23-15/h2-7H,8-10H2,1H3,(H,20,22)/p+1. The molecule has 2 aromatic carbocycles. The van der Waals surface area contributed by atoms with Crippen LogP contribution in [-0.2, 0) is 11.3 Å². The first-order chi connectivity index (χ1) is 11.5. The zero-order valence-electron chi connectivity index (χ0n) is 13.1. The summed E-state index contributed by atoms with van der Waals surface area (Å²) >= 11 is 12.1. The van der Waals surface area contributed by atoms with E-state index in [9.17, 15) is 4.79 Å². The van der Waals surface area contributed by atoms with Gasteiger partial charge in [-0.15, -0.1) is 0 Å². The van der Waals surface area contributed by atoms with E-state index in [0.29, 0.717) is 40.3 Å². The molecule has 0 radical (unpaired) electrons. The maximum Gasteiger partial charge on any atom is 0.279 e. The van der Waals surface area contributed by atoms with Gasteiger partial charge in [0.15, 0.2) is 18.0 Å². The van der Waals surface area contributed by atoms with E-state index in [1.54, 1.807) is 30.3 Å². The Labute approximate surface area is 150 Å². The van der Waals surface area contributed by atoms with Gasteiger partial charge in [-0.05, 0) is 24.3 Å². The monoisotopic (exact) mass is 367 g/mol. The first-order valence-electron chi connectivity index (χ1n) is 7.46. The number of amides is 1. The third-order valence-corrected chi connectivity index (χ3v) is 4.21. The Morgan fingerprint density at radius 1 is 1.17 bits per heavy atom. The Bertz CT molecular complexity index is 767. The summed E-state index contributed by atoms with van der Waals surface area (Å²) in [7, 11) is 1.93. The number of carbonyl (C=O) groups is 1. The Hall–Kier alpha value is -1.95. The van der Waals surface area contributed by atoms with Gasteiger partial charge in [-0.1, -0.05) is 29.3 Å². The first-order valence-corrected chi connectivity index (χ1v) is 8.21. The van der Waals surface area contributed by atoms with Crippen molar-refractivity contribution in [1.29, 1.82) is 0 Å². The van der Waals surface area contributed by atoms with Crippen LogP contribution in [0.1, 0.15) is 5.56 Å². The van der Waals surface area contributed by atoms with Gasteiger partial charge in [0.2, 0.25) is 6.79 Å². The van der Waals surface area contributed by atoms with Crippen LogP contribution in [0.2, 0.25) is 10.0 Å². The molecule has 24 heavy (non-hydrogen) atoms. The fourth-order valence-corrected chi connectivity index (χ4v) is 2.98. The van der Waals surface area contributed by atoms with Crippen molar-refractivity contribution in [2.24, 2.45) is 0 Å². The predicted molar refractivity (Wildman–Crippen MR) is 93.1 cm³/mol. The number of halogens is 2. The highest BCUT2D eigenvalue weighted by Crippen LogP contribution is 2.34. The molecule has 0 spiro atoms. The van der Waals surface area contributed by atoms with Crippen molar-refractivity contribution < 1.29 is 19.2 Å². The number of quaternary nitrogens is 1. The number of fused-ring (bicyclic) bond motifs is 1. The first kappa shape index (κ1) is 16.9. The summed E-state index contributed by atoms with van der Waals surface area (Å²) in [5.74, 6) is 1.24. The van der Waals surface area contributed by atoms with Crippen LogP contribution in [0.15, 0.2) is 36.4 Å². The fourth-order valence-electron chi connectivity index (χ4n) is 2.51. The van der Waals surface area contributed by atoms with E-state index >= 15 is 0 Å². The van der Waals surface area contributed by atoms with Crippen LogP contribution in [-0.4, -0.2) is 26.3 Å². The van der Waals surface area contributed by atoms with Crippen molar-refractivity contribution in [2.45, 2.75) is 6.54 Å². The number of hydrogen-bond donors (Lipinski definition) is 2. The van der Waals surface area contributed by atoms with Crippen LogP contribution < -0.4 is 19.7 Å². The minimum atomic E-state index is -0.0866. The summed E-state index contributed by atoms with van der Waals surface area (Å²) in [4.78, 5) is 13.2. The molecule has 2 N–H and O–H groups in total. The van der Waals surface area contributed by atoms with Gasteiger partial charge in [0.25, 0.3) is 5.91 Å². The molecule has 0 bridgehead atoms. The topological polar surface area (TPSA) is 52.0 Å². The average Bonchev–Trinajstić information content (AvgIpc) is 2.97. The smallest absolute Gasteiger partial charge is 0.279 e. The molecule has 126 valence electrons. The number of carbonyl (C=O) groups excluding carboxylic acids is 1. The second kappa shape index (κ2) is 7.30. The zero-order chi connectivity index (χ0) is 17.1. The second-order valence-electron chi connectivity index (χ2n) is 5.66. The van der Waals surface area contributed by atoms with Crippen LogP contribution >= 0.6 is 23.2 Å². The zero-order valence-corrected chi connectivity index (χ0v) is 14.6. The van der Waals surface area contributed by atoms with Crippen LogP contribution in [0.4, 0.5) is 5.69 Å². The van der Waals surface area contributed by atoms with Gasteiger partial charge in [-0.3, -0.25) is 4.79 Å². The van der Waals surface area contributed by atoms with E-state index in [1.165, 1.54) is 0 Å². The Kier molecular flexibility index (Phi) is 5.14. The minimum Gasteiger partial charge on any atom is -0.454 e. The maximum atomic E-state index is 12.2. The molecule has 7 heteroatoms. The molecular weight excluding hydrogens is 351 g/mol. The molecule has 1 unspecified atom stereocenters. The van der Waals surface area contributed by atoms with E-state index in [4.69, 9.17) is 32.7 Å². The van der Waals surface area contributed by atoms with Gasteiger partial charge in [-0.2, -0.15) is 0 Å². The Balaban J connectivity index is 1.56. The lowest BCUT2D eigenvalue weighted by Gasteiger charge is -2.15. The number of likely N-dealkylation sites (N-methyl/N-ethyl adjacent to an activating group) is 1. The molecule has 5 nitrogen and oxygen atoms in total. The largest absolute Gasteiger partial charge is 0.454 e. The lowest BCUT2D eigenvalue weighted by Crippen LogP contribution is -3.08. The van der Waals surface area contributed by atoms with Crippen LogP contribution in [0.3, 0.4) is 0 Å². The molecule has 0 aliphatic carbocycles. The number of ether oxygens (including phenoxy) is 2. The highest BCUT2D eigenvalue weighted by molar-refractivity contribution is 6.35. The summed E-state index contributed by atoms with van der Waals surface area (Å²) in [6.45, 7) is 1.15. The van der Waals surface area contributed by atoms with Crippen molar-refractivity contribution in [3.63, 3.8) is 0 Å². The quantitative estimate of drug-likeness (QED) is 0.852.